The van der Waals surface area contributed by atoms with Crippen molar-refractivity contribution in [3.63, 3.8) is 0 Å². The molecule has 0 aliphatic rings. The van der Waals surface area contributed by atoms with E-state index in [2.05, 4.69) is 10.1 Å². The van der Waals surface area contributed by atoms with Crippen molar-refractivity contribution in [1.29, 1.82) is 0 Å². The molecule has 6 heteroatoms. The Morgan fingerprint density at radius 1 is 1.00 bits per heavy atom. The Kier molecular flexibility index (Phi) is 4.42. The quantitative estimate of drug-likeness (QED) is 0.705. The summed E-state index contributed by atoms with van der Waals surface area (Å²) >= 11 is 0. The summed E-state index contributed by atoms with van der Waals surface area (Å²) in [6.07, 6.45) is 0.565. The zero-order chi connectivity index (χ0) is 16.1. The van der Waals surface area contributed by atoms with E-state index in [-0.39, 0.29) is 6.61 Å². The molecule has 118 valence electrons. The molecule has 0 aliphatic heterocycles. The fourth-order valence-corrected chi connectivity index (χ4v) is 2.05. The summed E-state index contributed by atoms with van der Waals surface area (Å²) in [5, 5.41) is 3.92. The summed E-state index contributed by atoms with van der Waals surface area (Å²) in [7, 11) is 1.62. The normalized spacial score (nSPS) is 10.5. The number of benzene rings is 2. The second kappa shape index (κ2) is 6.83. The van der Waals surface area contributed by atoms with Gasteiger partial charge in [-0.05, 0) is 42.0 Å². The highest BCUT2D eigenvalue weighted by Crippen LogP contribution is 2.18. The highest BCUT2D eigenvalue weighted by molar-refractivity contribution is 5.39. The van der Waals surface area contributed by atoms with Crippen LogP contribution in [0, 0.1) is 0 Å². The Labute approximate surface area is 133 Å². The lowest BCUT2D eigenvalue weighted by Crippen LogP contribution is -1.98. The van der Waals surface area contributed by atoms with Crippen LogP contribution < -0.4 is 15.2 Å². The van der Waals surface area contributed by atoms with Gasteiger partial charge in [0.25, 0.3) is 0 Å². The van der Waals surface area contributed by atoms with Gasteiger partial charge < -0.3 is 19.7 Å². The van der Waals surface area contributed by atoms with Gasteiger partial charge in [0, 0.05) is 5.69 Å². The van der Waals surface area contributed by atoms with Crippen LogP contribution in [-0.4, -0.2) is 17.3 Å². The SMILES string of the molecule is COc1ccc(OCc2noc(Cc3ccc(N)cc3)n2)cc1. The predicted octanol–water partition coefficient (Wildman–Crippen LogP) is 2.83. The molecule has 3 rings (SSSR count). The van der Waals surface area contributed by atoms with E-state index in [9.17, 15) is 0 Å². The van der Waals surface area contributed by atoms with Crippen LogP contribution in [0.5, 0.6) is 11.5 Å². The van der Waals surface area contributed by atoms with Crippen molar-refractivity contribution < 1.29 is 14.0 Å². The maximum absolute atomic E-state index is 5.66. The molecule has 0 spiro atoms. The summed E-state index contributed by atoms with van der Waals surface area (Å²) in [5.41, 5.74) is 7.45. The van der Waals surface area contributed by atoms with Gasteiger partial charge in [-0.1, -0.05) is 17.3 Å². The third kappa shape index (κ3) is 4.00. The molecule has 3 aromatic rings. The van der Waals surface area contributed by atoms with Crippen LogP contribution in [0.2, 0.25) is 0 Å². The fraction of sp³-hybridized carbons (Fsp3) is 0.176. The molecule has 0 amide bonds. The van der Waals surface area contributed by atoms with Gasteiger partial charge >= 0.3 is 0 Å². The van der Waals surface area contributed by atoms with E-state index in [4.69, 9.17) is 19.7 Å². The van der Waals surface area contributed by atoms with Gasteiger partial charge in [-0.25, -0.2) is 0 Å². The van der Waals surface area contributed by atoms with E-state index < -0.39 is 0 Å². The van der Waals surface area contributed by atoms with Crippen molar-refractivity contribution in [2.24, 2.45) is 0 Å². The summed E-state index contributed by atoms with van der Waals surface area (Å²) in [5.74, 6) is 2.55. The average Bonchev–Trinajstić information content (AvgIpc) is 3.03. The summed E-state index contributed by atoms with van der Waals surface area (Å²) in [6, 6.07) is 14.9. The molecule has 2 aromatic carbocycles. The lowest BCUT2D eigenvalue weighted by molar-refractivity contribution is 0.285. The maximum atomic E-state index is 5.66. The van der Waals surface area contributed by atoms with Crippen LogP contribution in [0.3, 0.4) is 0 Å². The highest BCUT2D eigenvalue weighted by Gasteiger charge is 2.08. The molecule has 2 N–H and O–H groups in total. The van der Waals surface area contributed by atoms with E-state index in [1.54, 1.807) is 7.11 Å². The largest absolute Gasteiger partial charge is 0.497 e. The molecular formula is C17H17N3O3. The number of anilines is 1. The van der Waals surface area contributed by atoms with Gasteiger partial charge in [-0.2, -0.15) is 4.98 Å². The Hall–Kier alpha value is -3.02. The second-order valence-electron chi connectivity index (χ2n) is 4.99. The molecule has 0 unspecified atom stereocenters. The first kappa shape index (κ1) is 14.9. The molecule has 0 radical (unpaired) electrons. The highest BCUT2D eigenvalue weighted by atomic mass is 16.5. The minimum atomic E-state index is 0.248. The summed E-state index contributed by atoms with van der Waals surface area (Å²) in [4.78, 5) is 4.32. The molecule has 0 saturated carbocycles. The van der Waals surface area contributed by atoms with Crippen LogP contribution in [0.25, 0.3) is 0 Å². The van der Waals surface area contributed by atoms with Crippen molar-refractivity contribution in [3.05, 3.63) is 65.8 Å². The molecule has 0 fully saturated rings. The smallest absolute Gasteiger partial charge is 0.231 e. The number of ether oxygens (including phenoxy) is 2. The van der Waals surface area contributed by atoms with Crippen LogP contribution in [0.4, 0.5) is 5.69 Å². The molecular weight excluding hydrogens is 294 g/mol. The first-order valence-corrected chi connectivity index (χ1v) is 7.15. The van der Waals surface area contributed by atoms with Crippen LogP contribution >= 0.6 is 0 Å². The predicted molar refractivity (Wildman–Crippen MR) is 85.3 cm³/mol. The van der Waals surface area contributed by atoms with E-state index >= 15 is 0 Å². The number of aromatic nitrogens is 2. The number of nitrogen functional groups attached to an aromatic ring is 1. The Bertz CT molecular complexity index is 752. The first-order chi connectivity index (χ1) is 11.2. The monoisotopic (exact) mass is 311 g/mol. The third-order valence-electron chi connectivity index (χ3n) is 3.27. The molecule has 1 aromatic heterocycles. The van der Waals surface area contributed by atoms with Gasteiger partial charge in [0.05, 0.1) is 13.5 Å². The Morgan fingerprint density at radius 2 is 1.70 bits per heavy atom. The zero-order valence-electron chi connectivity index (χ0n) is 12.7. The van der Waals surface area contributed by atoms with Crippen molar-refractivity contribution in [1.82, 2.24) is 10.1 Å². The van der Waals surface area contributed by atoms with E-state index in [0.29, 0.717) is 18.1 Å². The fourth-order valence-electron chi connectivity index (χ4n) is 2.05. The zero-order valence-corrected chi connectivity index (χ0v) is 12.7. The van der Waals surface area contributed by atoms with Crippen molar-refractivity contribution in [3.8, 4) is 11.5 Å². The van der Waals surface area contributed by atoms with Gasteiger partial charge in [0.1, 0.15) is 11.5 Å². The number of nitrogens with zero attached hydrogens (tertiary/aromatic N) is 2. The summed E-state index contributed by atoms with van der Waals surface area (Å²) < 4.78 is 15.9. The van der Waals surface area contributed by atoms with Crippen molar-refractivity contribution in [2.75, 3.05) is 12.8 Å². The van der Waals surface area contributed by atoms with Crippen LogP contribution in [0.1, 0.15) is 17.3 Å². The van der Waals surface area contributed by atoms with Crippen LogP contribution in [0.15, 0.2) is 53.1 Å². The standard InChI is InChI=1S/C17H17N3O3/c1-21-14-6-8-15(9-7-14)22-11-16-19-17(23-20-16)10-12-2-4-13(18)5-3-12/h2-9H,10-11,18H2,1H3. The minimum Gasteiger partial charge on any atom is -0.497 e. The Balaban J connectivity index is 1.57. The first-order valence-electron chi connectivity index (χ1n) is 7.15. The Morgan fingerprint density at radius 3 is 2.39 bits per heavy atom. The average molecular weight is 311 g/mol. The summed E-state index contributed by atoms with van der Waals surface area (Å²) in [6.45, 7) is 0.248. The van der Waals surface area contributed by atoms with Crippen molar-refractivity contribution >= 4 is 5.69 Å². The lowest BCUT2D eigenvalue weighted by Gasteiger charge is -2.04. The van der Waals surface area contributed by atoms with Crippen LogP contribution in [-0.2, 0) is 13.0 Å². The minimum absolute atomic E-state index is 0.248. The topological polar surface area (TPSA) is 83.4 Å². The molecule has 1 heterocycles. The van der Waals surface area contributed by atoms with E-state index in [0.717, 1.165) is 22.7 Å². The van der Waals surface area contributed by atoms with Crippen molar-refractivity contribution in [2.45, 2.75) is 13.0 Å². The molecule has 0 saturated heterocycles. The number of methoxy groups -OCH3 is 1. The van der Waals surface area contributed by atoms with Gasteiger partial charge in [-0.15, -0.1) is 0 Å². The number of nitrogens with two attached hydrogens (primary N) is 1. The number of rotatable bonds is 6. The van der Waals surface area contributed by atoms with E-state index in [1.165, 1.54) is 0 Å². The second-order valence-corrected chi connectivity index (χ2v) is 4.99. The molecule has 23 heavy (non-hydrogen) atoms. The molecule has 0 atom stereocenters. The number of hydrogen-bond donors (Lipinski definition) is 1. The van der Waals surface area contributed by atoms with Gasteiger partial charge in [0.2, 0.25) is 11.7 Å². The van der Waals surface area contributed by atoms with E-state index in [1.807, 2.05) is 48.5 Å². The lowest BCUT2D eigenvalue weighted by atomic mass is 10.1. The molecule has 0 aliphatic carbocycles. The third-order valence-corrected chi connectivity index (χ3v) is 3.27. The number of hydrogen-bond acceptors (Lipinski definition) is 6. The molecule has 0 bridgehead atoms. The van der Waals surface area contributed by atoms with Gasteiger partial charge in [0.15, 0.2) is 6.61 Å². The maximum Gasteiger partial charge on any atom is 0.231 e. The molecule has 6 nitrogen and oxygen atoms in total. The van der Waals surface area contributed by atoms with Gasteiger partial charge in [-0.3, -0.25) is 0 Å².